The number of benzene rings is 2. The Balaban J connectivity index is 2.29. The molecule has 0 bridgehead atoms. The predicted molar refractivity (Wildman–Crippen MR) is 91.6 cm³/mol. The Morgan fingerprint density at radius 3 is 2.25 bits per heavy atom. The first-order valence-corrected chi connectivity index (χ1v) is 7.51. The van der Waals surface area contributed by atoms with Crippen LogP contribution in [0.1, 0.15) is 18.1 Å². The van der Waals surface area contributed by atoms with Crippen LogP contribution in [0, 0.1) is 0 Å². The average molecular weight is 328 g/mol. The van der Waals surface area contributed by atoms with Crippen molar-refractivity contribution < 1.29 is 24.1 Å². The number of methoxy groups -OCH3 is 2. The predicted octanol–water partition coefficient (Wildman–Crippen LogP) is 3.77. The summed E-state index contributed by atoms with van der Waals surface area (Å²) >= 11 is 0. The van der Waals surface area contributed by atoms with Crippen LogP contribution in [0.3, 0.4) is 0 Å². The number of rotatable bonds is 7. The molecule has 5 heteroatoms. The van der Waals surface area contributed by atoms with Crippen LogP contribution in [0.15, 0.2) is 48.2 Å². The molecule has 0 saturated carbocycles. The van der Waals surface area contributed by atoms with Gasteiger partial charge in [0.2, 0.25) is 5.76 Å². The van der Waals surface area contributed by atoms with Gasteiger partial charge in [0.1, 0.15) is 5.75 Å². The van der Waals surface area contributed by atoms with Gasteiger partial charge in [-0.2, -0.15) is 0 Å². The largest absolute Gasteiger partial charge is 0.493 e. The first kappa shape index (κ1) is 17.4. The lowest BCUT2D eigenvalue weighted by Crippen LogP contribution is -2.07. The van der Waals surface area contributed by atoms with E-state index in [9.17, 15) is 9.90 Å². The molecule has 5 nitrogen and oxygen atoms in total. The molecule has 0 unspecified atom stereocenters. The second-order valence-corrected chi connectivity index (χ2v) is 5.03. The standard InChI is InChI=1S/C19H20O5/c1-4-13-5-8-15(9-6-13)24-18(19(20)21)12-14-7-10-16(22-2)17(11-14)23-3/h5-12H,4H2,1-3H3,(H,20,21). The van der Waals surface area contributed by atoms with Crippen LogP contribution in [0.4, 0.5) is 0 Å². The van der Waals surface area contributed by atoms with Crippen LogP contribution in [-0.4, -0.2) is 25.3 Å². The summed E-state index contributed by atoms with van der Waals surface area (Å²) in [6.45, 7) is 2.05. The highest BCUT2D eigenvalue weighted by atomic mass is 16.5. The van der Waals surface area contributed by atoms with Crippen molar-refractivity contribution in [1.29, 1.82) is 0 Å². The Kier molecular flexibility index (Phi) is 5.84. The van der Waals surface area contributed by atoms with E-state index in [2.05, 4.69) is 6.92 Å². The number of hydrogen-bond donors (Lipinski definition) is 1. The third kappa shape index (κ3) is 4.29. The van der Waals surface area contributed by atoms with Gasteiger partial charge in [0.15, 0.2) is 11.5 Å². The summed E-state index contributed by atoms with van der Waals surface area (Å²) in [7, 11) is 3.06. The van der Waals surface area contributed by atoms with Crippen LogP contribution < -0.4 is 14.2 Å². The molecule has 0 heterocycles. The first-order chi connectivity index (χ1) is 11.6. The molecule has 0 atom stereocenters. The molecule has 126 valence electrons. The van der Waals surface area contributed by atoms with Gasteiger partial charge in [-0.1, -0.05) is 25.1 Å². The molecule has 1 N–H and O–H groups in total. The summed E-state index contributed by atoms with van der Waals surface area (Å²) < 4.78 is 15.9. The lowest BCUT2D eigenvalue weighted by atomic mass is 10.1. The quantitative estimate of drug-likeness (QED) is 0.619. The van der Waals surface area contributed by atoms with E-state index in [1.54, 1.807) is 37.4 Å². The van der Waals surface area contributed by atoms with E-state index >= 15 is 0 Å². The zero-order valence-corrected chi connectivity index (χ0v) is 13.9. The fourth-order valence-electron chi connectivity index (χ4n) is 2.15. The van der Waals surface area contributed by atoms with Crippen molar-refractivity contribution in [2.45, 2.75) is 13.3 Å². The summed E-state index contributed by atoms with van der Waals surface area (Å²) in [5, 5.41) is 9.37. The zero-order chi connectivity index (χ0) is 17.5. The van der Waals surface area contributed by atoms with Crippen molar-refractivity contribution in [2.24, 2.45) is 0 Å². The summed E-state index contributed by atoms with van der Waals surface area (Å²) in [5.41, 5.74) is 1.79. The third-order valence-corrected chi connectivity index (χ3v) is 3.48. The summed E-state index contributed by atoms with van der Waals surface area (Å²) in [5.74, 6) is 0.239. The number of aryl methyl sites for hydroxylation is 1. The molecule has 0 fully saturated rings. The Morgan fingerprint density at radius 2 is 1.71 bits per heavy atom. The lowest BCUT2D eigenvalue weighted by Gasteiger charge is -2.09. The molecule has 0 aliphatic rings. The highest BCUT2D eigenvalue weighted by Crippen LogP contribution is 2.28. The van der Waals surface area contributed by atoms with Crippen molar-refractivity contribution in [1.82, 2.24) is 0 Å². The molecule has 2 aromatic rings. The van der Waals surface area contributed by atoms with Gasteiger partial charge in [0.25, 0.3) is 0 Å². The van der Waals surface area contributed by atoms with E-state index in [4.69, 9.17) is 14.2 Å². The second-order valence-electron chi connectivity index (χ2n) is 5.03. The van der Waals surface area contributed by atoms with E-state index in [-0.39, 0.29) is 5.76 Å². The van der Waals surface area contributed by atoms with Gasteiger partial charge < -0.3 is 19.3 Å². The van der Waals surface area contributed by atoms with Crippen LogP contribution >= 0.6 is 0 Å². The molecule has 24 heavy (non-hydrogen) atoms. The molecule has 0 aliphatic carbocycles. The minimum Gasteiger partial charge on any atom is -0.493 e. The maximum Gasteiger partial charge on any atom is 0.371 e. The monoisotopic (exact) mass is 328 g/mol. The Hall–Kier alpha value is -2.95. The Morgan fingerprint density at radius 1 is 1.04 bits per heavy atom. The van der Waals surface area contributed by atoms with Crippen molar-refractivity contribution in [3.63, 3.8) is 0 Å². The van der Waals surface area contributed by atoms with Gasteiger partial charge in [-0.25, -0.2) is 4.79 Å². The van der Waals surface area contributed by atoms with Crippen LogP contribution in [0.5, 0.6) is 17.2 Å². The van der Waals surface area contributed by atoms with Gasteiger partial charge in [-0.3, -0.25) is 0 Å². The van der Waals surface area contributed by atoms with Crippen molar-refractivity contribution in [2.75, 3.05) is 14.2 Å². The van der Waals surface area contributed by atoms with Crippen molar-refractivity contribution in [3.05, 3.63) is 59.4 Å². The van der Waals surface area contributed by atoms with Crippen LogP contribution in [-0.2, 0) is 11.2 Å². The van der Waals surface area contributed by atoms with Crippen molar-refractivity contribution in [3.8, 4) is 17.2 Å². The summed E-state index contributed by atoms with van der Waals surface area (Å²) in [4.78, 5) is 11.5. The highest BCUT2D eigenvalue weighted by Gasteiger charge is 2.12. The highest BCUT2D eigenvalue weighted by molar-refractivity contribution is 5.90. The van der Waals surface area contributed by atoms with Gasteiger partial charge in [-0.15, -0.1) is 0 Å². The van der Waals surface area contributed by atoms with Gasteiger partial charge in [-0.05, 0) is 47.9 Å². The second kappa shape index (κ2) is 8.06. The summed E-state index contributed by atoms with van der Waals surface area (Å²) in [6.07, 6.45) is 2.35. The number of ether oxygens (including phenoxy) is 3. The molecule has 2 rings (SSSR count). The molecule has 0 aromatic heterocycles. The first-order valence-electron chi connectivity index (χ1n) is 7.51. The number of carboxylic acid groups (broad SMARTS) is 1. The maximum atomic E-state index is 11.5. The topological polar surface area (TPSA) is 65.0 Å². The molecule has 0 amide bonds. The van der Waals surface area contributed by atoms with E-state index in [1.807, 2.05) is 12.1 Å². The Labute approximate surface area is 141 Å². The minimum atomic E-state index is -1.15. The summed E-state index contributed by atoms with van der Waals surface area (Å²) in [6, 6.07) is 12.4. The molecule has 0 spiro atoms. The molecular weight excluding hydrogens is 308 g/mol. The number of aliphatic carboxylic acids is 1. The maximum absolute atomic E-state index is 11.5. The van der Waals surface area contributed by atoms with Crippen LogP contribution in [0.2, 0.25) is 0 Å². The van der Waals surface area contributed by atoms with Gasteiger partial charge in [0.05, 0.1) is 14.2 Å². The SMILES string of the molecule is CCc1ccc(OC(=Cc2ccc(OC)c(OC)c2)C(=O)O)cc1. The van der Waals surface area contributed by atoms with Gasteiger partial charge in [0, 0.05) is 0 Å². The average Bonchev–Trinajstić information content (AvgIpc) is 2.61. The molecule has 2 aromatic carbocycles. The number of hydrogen-bond acceptors (Lipinski definition) is 4. The number of carbonyl (C=O) groups is 1. The molecule has 0 radical (unpaired) electrons. The minimum absolute atomic E-state index is 0.175. The van der Waals surface area contributed by atoms with E-state index in [1.165, 1.54) is 13.2 Å². The molecule has 0 aliphatic heterocycles. The third-order valence-electron chi connectivity index (χ3n) is 3.48. The van der Waals surface area contributed by atoms with E-state index < -0.39 is 5.97 Å². The normalized spacial score (nSPS) is 11.0. The number of carboxylic acids is 1. The Bertz CT molecular complexity index is 732. The zero-order valence-electron chi connectivity index (χ0n) is 13.9. The van der Waals surface area contributed by atoms with E-state index in [0.29, 0.717) is 22.8 Å². The molecule has 0 saturated heterocycles. The molecular formula is C19H20O5. The lowest BCUT2D eigenvalue weighted by molar-refractivity contribution is -0.134. The van der Waals surface area contributed by atoms with Crippen LogP contribution in [0.25, 0.3) is 6.08 Å². The smallest absolute Gasteiger partial charge is 0.371 e. The van der Waals surface area contributed by atoms with Gasteiger partial charge >= 0.3 is 5.97 Å². The fourth-order valence-corrected chi connectivity index (χ4v) is 2.15. The van der Waals surface area contributed by atoms with E-state index in [0.717, 1.165) is 12.0 Å². The fraction of sp³-hybridized carbons (Fsp3) is 0.211. The van der Waals surface area contributed by atoms with Crippen molar-refractivity contribution >= 4 is 12.0 Å².